The van der Waals surface area contributed by atoms with Crippen LogP contribution in [-0.4, -0.2) is 45.1 Å². The third-order valence-corrected chi connectivity index (χ3v) is 7.57. The predicted molar refractivity (Wildman–Crippen MR) is 122 cm³/mol. The number of rotatable bonds is 3. The van der Waals surface area contributed by atoms with E-state index in [0.717, 1.165) is 80.7 Å². The molecule has 1 aliphatic carbocycles. The number of fused-ring (bicyclic) bond motifs is 2. The molecule has 1 saturated heterocycles. The molecule has 1 N–H and O–H groups in total. The van der Waals surface area contributed by atoms with Crippen LogP contribution in [0.25, 0.3) is 11.2 Å². The average molecular weight is 486 g/mol. The van der Waals surface area contributed by atoms with Crippen LogP contribution in [-0.2, 0) is 27.5 Å². The van der Waals surface area contributed by atoms with Gasteiger partial charge in [-0.3, -0.25) is 9.78 Å². The Labute approximate surface area is 200 Å². The Kier molecular flexibility index (Phi) is 5.32. The summed E-state index contributed by atoms with van der Waals surface area (Å²) < 4.78 is 45.2. The van der Waals surface area contributed by atoms with Crippen molar-refractivity contribution in [3.05, 3.63) is 47.2 Å². The number of carbonyl (C=O) groups excluding carboxylic acids is 1. The van der Waals surface area contributed by atoms with Crippen molar-refractivity contribution < 1.29 is 22.7 Å². The number of aromatic nitrogens is 4. The van der Waals surface area contributed by atoms with Gasteiger partial charge in [0.25, 0.3) is 5.91 Å². The molecule has 35 heavy (non-hydrogen) atoms. The molecule has 5 heterocycles. The summed E-state index contributed by atoms with van der Waals surface area (Å²) in [5.41, 5.74) is 1.77. The van der Waals surface area contributed by atoms with Gasteiger partial charge in [-0.25, -0.2) is 9.97 Å². The summed E-state index contributed by atoms with van der Waals surface area (Å²) in [7, 11) is 0. The van der Waals surface area contributed by atoms with Gasteiger partial charge in [-0.2, -0.15) is 13.2 Å². The highest BCUT2D eigenvalue weighted by Gasteiger charge is 2.45. The van der Waals surface area contributed by atoms with E-state index >= 15 is 0 Å². The van der Waals surface area contributed by atoms with Crippen LogP contribution in [0, 0.1) is 0 Å². The van der Waals surface area contributed by atoms with Crippen molar-refractivity contribution in [2.45, 2.75) is 69.1 Å². The van der Waals surface area contributed by atoms with Crippen LogP contribution >= 0.6 is 0 Å². The molecule has 2 aliphatic heterocycles. The molecule has 3 aromatic heterocycles. The van der Waals surface area contributed by atoms with Crippen molar-refractivity contribution in [2.24, 2.45) is 0 Å². The Hall–Kier alpha value is -3.01. The Morgan fingerprint density at radius 2 is 2.00 bits per heavy atom. The zero-order valence-electron chi connectivity index (χ0n) is 19.2. The van der Waals surface area contributed by atoms with Crippen LogP contribution < -0.4 is 4.90 Å². The third kappa shape index (κ3) is 3.78. The number of carbonyl (C=O) groups is 1. The summed E-state index contributed by atoms with van der Waals surface area (Å²) in [5, 5.41) is 0. The zero-order valence-corrected chi connectivity index (χ0v) is 19.2. The standard InChI is InChI=1S/C25H26F3N5O2/c26-25(27,28)15-13-17-21(29-14-15)32-23(31-17)24(9-4-10-24)20-8-7-18-16(30-20)5-3-11-33(18)22(34)19-6-1-2-12-35-19/h7-8,13-14,19H,1-6,9-12H2,(H,29,31,32). The number of H-pyrrole nitrogens is 1. The number of pyridine rings is 2. The van der Waals surface area contributed by atoms with Crippen LogP contribution in [0.15, 0.2) is 24.4 Å². The molecule has 2 fully saturated rings. The van der Waals surface area contributed by atoms with Gasteiger partial charge >= 0.3 is 6.18 Å². The summed E-state index contributed by atoms with van der Waals surface area (Å²) in [6, 6.07) is 4.95. The molecular formula is C25H26F3N5O2. The highest BCUT2D eigenvalue weighted by atomic mass is 19.4. The normalized spacial score (nSPS) is 22.0. The number of aryl methyl sites for hydroxylation is 1. The number of amides is 1. The highest BCUT2D eigenvalue weighted by molar-refractivity contribution is 5.97. The Balaban J connectivity index is 1.34. The van der Waals surface area contributed by atoms with E-state index in [2.05, 4.69) is 15.0 Å². The zero-order chi connectivity index (χ0) is 24.2. The van der Waals surface area contributed by atoms with Crippen LogP contribution in [0.3, 0.4) is 0 Å². The van der Waals surface area contributed by atoms with Crippen LogP contribution in [0.5, 0.6) is 0 Å². The number of imidazole rings is 1. The summed E-state index contributed by atoms with van der Waals surface area (Å²) >= 11 is 0. The van der Waals surface area contributed by atoms with E-state index in [1.165, 1.54) is 0 Å². The van der Waals surface area contributed by atoms with Crippen molar-refractivity contribution in [3.8, 4) is 0 Å². The Morgan fingerprint density at radius 3 is 2.71 bits per heavy atom. The lowest BCUT2D eigenvalue weighted by Crippen LogP contribution is -2.45. The number of anilines is 1. The third-order valence-electron chi connectivity index (χ3n) is 7.57. The highest BCUT2D eigenvalue weighted by Crippen LogP contribution is 2.48. The lowest BCUT2D eigenvalue weighted by atomic mass is 9.65. The first kappa shape index (κ1) is 22.5. The minimum atomic E-state index is -4.47. The van der Waals surface area contributed by atoms with Gasteiger partial charge in [0.05, 0.1) is 33.6 Å². The molecule has 1 unspecified atom stereocenters. The molecular weight excluding hydrogens is 459 g/mol. The predicted octanol–water partition coefficient (Wildman–Crippen LogP) is 4.69. The fraction of sp³-hybridized carbons (Fsp3) is 0.520. The van der Waals surface area contributed by atoms with Gasteiger partial charge in [0.1, 0.15) is 11.9 Å². The van der Waals surface area contributed by atoms with Crippen molar-refractivity contribution in [1.29, 1.82) is 0 Å². The fourth-order valence-corrected chi connectivity index (χ4v) is 5.48. The quantitative estimate of drug-likeness (QED) is 0.582. The number of hydrogen-bond acceptors (Lipinski definition) is 5. The topological polar surface area (TPSA) is 84.0 Å². The number of nitrogens with zero attached hydrogens (tertiary/aromatic N) is 4. The molecule has 3 aromatic rings. The molecule has 1 saturated carbocycles. The molecule has 10 heteroatoms. The molecule has 3 aliphatic rings. The average Bonchev–Trinajstić information content (AvgIpc) is 3.26. The number of halogens is 3. The first-order valence-corrected chi connectivity index (χ1v) is 12.2. The second-order valence-corrected chi connectivity index (χ2v) is 9.72. The van der Waals surface area contributed by atoms with Crippen LogP contribution in [0.2, 0.25) is 0 Å². The van der Waals surface area contributed by atoms with E-state index in [4.69, 9.17) is 9.72 Å². The van der Waals surface area contributed by atoms with Crippen LogP contribution in [0.1, 0.15) is 67.7 Å². The molecule has 0 bridgehead atoms. The van der Waals surface area contributed by atoms with Gasteiger partial charge in [0.2, 0.25) is 0 Å². The number of hydrogen-bond donors (Lipinski definition) is 1. The molecule has 1 amide bonds. The Bertz CT molecular complexity index is 1280. The monoisotopic (exact) mass is 485 g/mol. The van der Waals surface area contributed by atoms with Gasteiger partial charge < -0.3 is 14.6 Å². The summed E-state index contributed by atoms with van der Waals surface area (Å²) in [6.45, 7) is 1.27. The maximum absolute atomic E-state index is 13.2. The smallest absolute Gasteiger partial charge is 0.368 e. The van der Waals surface area contributed by atoms with E-state index in [1.54, 1.807) is 0 Å². The first-order valence-electron chi connectivity index (χ1n) is 12.2. The second-order valence-electron chi connectivity index (χ2n) is 9.72. The van der Waals surface area contributed by atoms with Crippen molar-refractivity contribution in [1.82, 2.24) is 19.9 Å². The summed E-state index contributed by atoms with van der Waals surface area (Å²) in [5.74, 6) is 0.597. The molecule has 1 atom stereocenters. The van der Waals surface area contributed by atoms with Gasteiger partial charge in [-0.15, -0.1) is 0 Å². The van der Waals surface area contributed by atoms with Crippen molar-refractivity contribution in [3.63, 3.8) is 0 Å². The molecule has 184 valence electrons. The number of aromatic amines is 1. The van der Waals surface area contributed by atoms with E-state index in [1.807, 2.05) is 17.0 Å². The molecule has 0 radical (unpaired) electrons. The second kappa shape index (κ2) is 8.29. The SMILES string of the molecule is O=C(C1CCCCO1)N1CCCc2nc(C3(c4nc5ncc(C(F)(F)F)cc5[nH]4)CCC3)ccc21. The first-order chi connectivity index (χ1) is 16.8. The largest absolute Gasteiger partial charge is 0.417 e. The maximum atomic E-state index is 13.2. The number of nitrogens with one attached hydrogen (secondary N) is 1. The lowest BCUT2D eigenvalue weighted by Gasteiger charge is -2.40. The molecule has 6 rings (SSSR count). The van der Waals surface area contributed by atoms with E-state index < -0.39 is 23.3 Å². The minimum Gasteiger partial charge on any atom is -0.368 e. The number of ether oxygens (including phenoxy) is 1. The molecule has 7 nitrogen and oxygen atoms in total. The van der Waals surface area contributed by atoms with Crippen molar-refractivity contribution in [2.75, 3.05) is 18.1 Å². The number of alkyl halides is 3. The Morgan fingerprint density at radius 1 is 1.14 bits per heavy atom. The van der Waals surface area contributed by atoms with Gasteiger partial charge in [0.15, 0.2) is 5.65 Å². The van der Waals surface area contributed by atoms with Gasteiger partial charge in [-0.1, -0.05) is 6.42 Å². The van der Waals surface area contributed by atoms with E-state index in [0.29, 0.717) is 19.0 Å². The fourth-order valence-electron chi connectivity index (χ4n) is 5.48. The van der Waals surface area contributed by atoms with Crippen molar-refractivity contribution >= 4 is 22.8 Å². The van der Waals surface area contributed by atoms with Crippen LogP contribution in [0.4, 0.5) is 18.9 Å². The van der Waals surface area contributed by atoms with E-state index in [-0.39, 0.29) is 17.1 Å². The maximum Gasteiger partial charge on any atom is 0.417 e. The van der Waals surface area contributed by atoms with E-state index in [9.17, 15) is 18.0 Å². The molecule has 0 spiro atoms. The summed E-state index contributed by atoms with van der Waals surface area (Å²) in [4.78, 5) is 31.6. The minimum absolute atomic E-state index is 0.00221. The van der Waals surface area contributed by atoms with Gasteiger partial charge in [0, 0.05) is 19.3 Å². The summed E-state index contributed by atoms with van der Waals surface area (Å²) in [6.07, 6.45) is 2.84. The van der Waals surface area contributed by atoms with Gasteiger partial charge in [-0.05, 0) is 63.1 Å². The lowest BCUT2D eigenvalue weighted by molar-refractivity contribution is -0.137. The molecule has 0 aromatic carbocycles.